The molecule has 0 atom stereocenters. The van der Waals surface area contributed by atoms with Gasteiger partial charge in [-0.15, -0.1) is 0 Å². The number of amides is 1. The number of rotatable bonds is 3. The summed E-state index contributed by atoms with van der Waals surface area (Å²) in [5.41, 5.74) is -0.867. The van der Waals surface area contributed by atoms with E-state index in [9.17, 15) is 26.4 Å². The van der Waals surface area contributed by atoms with E-state index < -0.39 is 27.5 Å². The highest BCUT2D eigenvalue weighted by molar-refractivity contribution is 9.10. The molecular weight excluding hydrogens is 477 g/mol. The van der Waals surface area contributed by atoms with Crippen LogP contribution < -0.4 is 4.90 Å². The van der Waals surface area contributed by atoms with Gasteiger partial charge in [-0.3, -0.25) is 19.1 Å². The number of carbonyl (C=O) groups is 1. The number of pyridine rings is 2. The summed E-state index contributed by atoms with van der Waals surface area (Å²) in [7, 11) is -3.82. The first-order chi connectivity index (χ1) is 13.5. The quantitative estimate of drug-likeness (QED) is 0.563. The van der Waals surface area contributed by atoms with Crippen LogP contribution in [-0.2, 0) is 22.6 Å². The van der Waals surface area contributed by atoms with Crippen molar-refractivity contribution >= 4 is 43.1 Å². The molecule has 0 unspecified atom stereocenters. The summed E-state index contributed by atoms with van der Waals surface area (Å²) >= 11 is 3.27. The van der Waals surface area contributed by atoms with Crippen molar-refractivity contribution < 1.29 is 26.4 Å². The number of sulfone groups is 1. The summed E-state index contributed by atoms with van der Waals surface area (Å²) in [6.07, 6.45) is -2.50. The second kappa shape index (κ2) is 6.52. The molecule has 29 heavy (non-hydrogen) atoms. The Morgan fingerprint density at radius 2 is 2.00 bits per heavy atom. The van der Waals surface area contributed by atoms with E-state index >= 15 is 0 Å². The molecule has 4 heterocycles. The lowest BCUT2D eigenvalue weighted by Gasteiger charge is -2.14. The molecule has 3 aromatic rings. The molecule has 0 bridgehead atoms. The number of hydrogen-bond acceptors (Lipinski definition) is 5. The summed E-state index contributed by atoms with van der Waals surface area (Å²) < 4.78 is 66.4. The molecule has 1 aliphatic heterocycles. The van der Waals surface area contributed by atoms with Crippen molar-refractivity contribution in [3.63, 3.8) is 0 Å². The molecular formula is C17H12BrF3N4O3S. The van der Waals surface area contributed by atoms with Crippen LogP contribution in [0.1, 0.15) is 28.5 Å². The number of carbonyl (C=O) groups excluding carboxylic acids is 1. The number of nitrogens with zero attached hydrogens (tertiary/aromatic N) is 4. The van der Waals surface area contributed by atoms with Crippen LogP contribution in [0.2, 0.25) is 0 Å². The van der Waals surface area contributed by atoms with Gasteiger partial charge in [0.2, 0.25) is 0 Å². The van der Waals surface area contributed by atoms with Gasteiger partial charge in [-0.05, 0) is 34.1 Å². The molecule has 0 saturated carbocycles. The highest BCUT2D eigenvalue weighted by Crippen LogP contribution is 2.36. The summed E-state index contributed by atoms with van der Waals surface area (Å²) in [6.45, 7) is 1.28. The lowest BCUT2D eigenvalue weighted by molar-refractivity contribution is -0.137. The van der Waals surface area contributed by atoms with Crippen LogP contribution in [0.5, 0.6) is 0 Å². The zero-order valence-electron chi connectivity index (χ0n) is 14.7. The van der Waals surface area contributed by atoms with Crippen LogP contribution in [0.4, 0.5) is 19.0 Å². The van der Waals surface area contributed by atoms with Crippen LogP contribution in [-0.4, -0.2) is 34.4 Å². The van der Waals surface area contributed by atoms with Gasteiger partial charge >= 0.3 is 6.18 Å². The lowest BCUT2D eigenvalue weighted by Crippen LogP contribution is -2.26. The minimum Gasteiger partial charge on any atom is -0.288 e. The fourth-order valence-electron chi connectivity index (χ4n) is 3.08. The van der Waals surface area contributed by atoms with Crippen LogP contribution in [0, 0.1) is 0 Å². The highest BCUT2D eigenvalue weighted by atomic mass is 79.9. The van der Waals surface area contributed by atoms with E-state index in [-0.39, 0.29) is 40.0 Å². The van der Waals surface area contributed by atoms with Crippen LogP contribution in [0.3, 0.4) is 0 Å². The zero-order valence-corrected chi connectivity index (χ0v) is 17.1. The van der Waals surface area contributed by atoms with E-state index in [1.54, 1.807) is 12.1 Å². The first-order valence-corrected chi connectivity index (χ1v) is 10.8. The monoisotopic (exact) mass is 488 g/mol. The van der Waals surface area contributed by atoms with Gasteiger partial charge in [-0.25, -0.2) is 13.4 Å². The Bertz CT molecular complexity index is 1270. The summed E-state index contributed by atoms with van der Waals surface area (Å²) in [6, 6.07) is 3.95. The molecule has 0 fully saturated rings. The minimum absolute atomic E-state index is 0.126. The predicted octanol–water partition coefficient (Wildman–Crippen LogP) is 3.46. The number of halogens is 4. The largest absolute Gasteiger partial charge is 0.417 e. The summed E-state index contributed by atoms with van der Waals surface area (Å²) in [4.78, 5) is 21.9. The van der Waals surface area contributed by atoms with E-state index in [1.807, 2.05) is 0 Å². The molecule has 0 spiro atoms. The van der Waals surface area contributed by atoms with Gasteiger partial charge in [0.15, 0.2) is 20.7 Å². The number of anilines is 1. The molecule has 0 aliphatic carbocycles. The maximum absolute atomic E-state index is 13.0. The number of aromatic nitrogens is 3. The Morgan fingerprint density at radius 1 is 1.28 bits per heavy atom. The Labute approximate surface area is 171 Å². The van der Waals surface area contributed by atoms with E-state index in [2.05, 4.69) is 25.9 Å². The molecule has 12 heteroatoms. The van der Waals surface area contributed by atoms with E-state index in [0.29, 0.717) is 10.7 Å². The zero-order chi connectivity index (χ0) is 21.1. The van der Waals surface area contributed by atoms with Gasteiger partial charge in [0.25, 0.3) is 5.91 Å². The van der Waals surface area contributed by atoms with Gasteiger partial charge in [-0.1, -0.05) is 6.92 Å². The number of fused-ring (bicyclic) bond motifs is 2. The van der Waals surface area contributed by atoms with E-state index in [4.69, 9.17) is 0 Å². The molecule has 152 valence electrons. The second-order valence-electron chi connectivity index (χ2n) is 6.33. The van der Waals surface area contributed by atoms with Crippen molar-refractivity contribution in [1.82, 2.24) is 14.4 Å². The smallest absolute Gasteiger partial charge is 0.288 e. The van der Waals surface area contributed by atoms with Gasteiger partial charge < -0.3 is 0 Å². The average molecular weight is 489 g/mol. The fraction of sp³-hybridized carbons (Fsp3) is 0.235. The van der Waals surface area contributed by atoms with Crippen molar-refractivity contribution in [2.75, 3.05) is 10.7 Å². The molecule has 0 N–H and O–H groups in total. The topological polar surface area (TPSA) is 84.6 Å². The molecule has 0 aromatic carbocycles. The number of alkyl halides is 3. The Kier molecular flexibility index (Phi) is 4.46. The molecule has 1 amide bonds. The van der Waals surface area contributed by atoms with Crippen molar-refractivity contribution in [3.05, 3.63) is 51.9 Å². The molecule has 0 saturated heterocycles. The number of hydrogen-bond donors (Lipinski definition) is 0. The molecule has 4 rings (SSSR count). The van der Waals surface area contributed by atoms with Crippen LogP contribution in [0.15, 0.2) is 40.1 Å². The van der Waals surface area contributed by atoms with Crippen molar-refractivity contribution in [2.45, 2.75) is 24.7 Å². The third kappa shape index (κ3) is 3.19. The van der Waals surface area contributed by atoms with Gasteiger partial charge in [0, 0.05) is 16.9 Å². The van der Waals surface area contributed by atoms with Gasteiger partial charge in [-0.2, -0.15) is 13.2 Å². The van der Waals surface area contributed by atoms with Gasteiger partial charge in [0.05, 0.1) is 29.1 Å². The molecule has 7 nitrogen and oxygen atoms in total. The third-order valence-corrected chi connectivity index (χ3v) is 6.73. The standard InChI is InChI=1S/C17H12BrF3N4O3S/c1-2-29(27,28)16-14(23-13-4-3-10(18)7-24(13)16)25-8-12-11(15(25)26)5-9(6-22-12)17(19,20)21/h3-7H,2,8H2,1H3. The second-order valence-corrected chi connectivity index (χ2v) is 9.44. The summed E-state index contributed by atoms with van der Waals surface area (Å²) in [5.74, 6) is -1.17. The normalized spacial score (nSPS) is 14.7. The summed E-state index contributed by atoms with van der Waals surface area (Å²) in [5, 5.41) is -0.200. The molecule has 0 radical (unpaired) electrons. The van der Waals surface area contributed by atoms with Gasteiger partial charge in [0.1, 0.15) is 5.65 Å². The average Bonchev–Trinajstić information content (AvgIpc) is 3.18. The fourth-order valence-corrected chi connectivity index (χ4v) is 4.57. The molecule has 1 aliphatic rings. The van der Waals surface area contributed by atoms with Crippen molar-refractivity contribution in [3.8, 4) is 0 Å². The SMILES string of the molecule is CCS(=O)(=O)c1c(N2Cc3ncc(C(F)(F)F)cc3C2=O)nc2ccc(Br)cn12. The lowest BCUT2D eigenvalue weighted by atomic mass is 10.1. The Hall–Kier alpha value is -2.47. The first-order valence-electron chi connectivity index (χ1n) is 8.31. The third-order valence-electron chi connectivity index (χ3n) is 4.53. The Balaban J connectivity index is 1.90. The predicted molar refractivity (Wildman–Crippen MR) is 100 cm³/mol. The minimum atomic E-state index is -4.65. The van der Waals surface area contributed by atoms with E-state index in [0.717, 1.165) is 11.0 Å². The Morgan fingerprint density at radius 3 is 2.66 bits per heavy atom. The number of imidazole rings is 1. The maximum atomic E-state index is 13.0. The van der Waals surface area contributed by atoms with Crippen molar-refractivity contribution in [1.29, 1.82) is 0 Å². The van der Waals surface area contributed by atoms with E-state index in [1.165, 1.54) is 17.5 Å². The maximum Gasteiger partial charge on any atom is 0.417 e. The van der Waals surface area contributed by atoms with Crippen LogP contribution in [0.25, 0.3) is 5.65 Å². The highest BCUT2D eigenvalue weighted by Gasteiger charge is 2.39. The molecule has 3 aromatic heterocycles. The first kappa shape index (κ1) is 19.8. The van der Waals surface area contributed by atoms with Crippen molar-refractivity contribution in [2.24, 2.45) is 0 Å². The van der Waals surface area contributed by atoms with Crippen LogP contribution >= 0.6 is 15.9 Å².